The van der Waals surface area contributed by atoms with E-state index in [1.807, 2.05) is 54.1 Å². The molecule has 0 aliphatic heterocycles. The topological polar surface area (TPSA) is 82.8 Å². The first-order valence-electron chi connectivity index (χ1n) is 11.4. The van der Waals surface area contributed by atoms with Crippen molar-refractivity contribution in [3.8, 4) is 39.8 Å². The summed E-state index contributed by atoms with van der Waals surface area (Å²) in [7, 11) is 3.21. The van der Waals surface area contributed by atoms with Crippen LogP contribution in [0.25, 0.3) is 22.5 Å². The van der Waals surface area contributed by atoms with Crippen LogP contribution in [0.3, 0.4) is 0 Å². The zero-order valence-corrected chi connectivity index (χ0v) is 20.0. The molecule has 0 saturated heterocycles. The van der Waals surface area contributed by atoms with Gasteiger partial charge in [0.15, 0.2) is 11.5 Å². The quantitative estimate of drug-likeness (QED) is 0.325. The van der Waals surface area contributed by atoms with Crippen molar-refractivity contribution in [3.63, 3.8) is 0 Å². The number of carboxylic acid groups (broad SMARTS) is 1. The van der Waals surface area contributed by atoms with Gasteiger partial charge in [0, 0.05) is 17.7 Å². The number of rotatable bonds is 10. The number of ether oxygens (including phenoxy) is 3. The van der Waals surface area contributed by atoms with Gasteiger partial charge in [-0.1, -0.05) is 36.4 Å². The highest BCUT2D eigenvalue weighted by atomic mass is 16.5. The van der Waals surface area contributed by atoms with Gasteiger partial charge in [-0.25, -0.2) is 4.79 Å². The Morgan fingerprint density at radius 2 is 1.71 bits per heavy atom. The summed E-state index contributed by atoms with van der Waals surface area (Å²) in [6.45, 7) is 2.95. The molecular weight excluding hydrogens is 444 g/mol. The van der Waals surface area contributed by atoms with E-state index in [-0.39, 0.29) is 5.56 Å². The van der Waals surface area contributed by atoms with E-state index in [2.05, 4.69) is 12.1 Å². The van der Waals surface area contributed by atoms with Crippen molar-refractivity contribution < 1.29 is 24.1 Å². The maximum atomic E-state index is 11.7. The van der Waals surface area contributed by atoms with E-state index in [1.54, 1.807) is 26.4 Å². The van der Waals surface area contributed by atoms with Gasteiger partial charge in [0.1, 0.15) is 5.75 Å². The second-order valence-corrected chi connectivity index (χ2v) is 7.86. The molecule has 4 rings (SSSR count). The van der Waals surface area contributed by atoms with Gasteiger partial charge in [-0.05, 0) is 55.3 Å². The van der Waals surface area contributed by atoms with Crippen LogP contribution in [0.1, 0.15) is 22.8 Å². The minimum Gasteiger partial charge on any atom is -0.493 e. The highest BCUT2D eigenvalue weighted by Gasteiger charge is 2.20. The molecule has 0 atom stereocenters. The number of benzene rings is 3. The summed E-state index contributed by atoms with van der Waals surface area (Å²) in [5.41, 5.74) is 4.25. The van der Waals surface area contributed by atoms with Gasteiger partial charge in [-0.15, -0.1) is 0 Å². The van der Waals surface area contributed by atoms with Gasteiger partial charge in [0.25, 0.3) is 0 Å². The van der Waals surface area contributed by atoms with Gasteiger partial charge in [-0.2, -0.15) is 5.10 Å². The number of hydrogen-bond acceptors (Lipinski definition) is 5. The van der Waals surface area contributed by atoms with Crippen molar-refractivity contribution in [2.24, 2.45) is 0 Å². The summed E-state index contributed by atoms with van der Waals surface area (Å²) in [6.07, 6.45) is 0.773. The molecular formula is C28H28N2O5. The third kappa shape index (κ3) is 5.14. The Bertz CT molecular complexity index is 1310. The SMILES string of the molecule is CCOc1ccc(C(=O)O)cc1-c1cc(-c2cccc(OC)c2OC)n(CCc2ccccc2)n1. The summed E-state index contributed by atoms with van der Waals surface area (Å²) in [6, 6.07) is 22.6. The predicted octanol–water partition coefficient (Wildman–Crippen LogP) is 5.57. The number of methoxy groups -OCH3 is 2. The van der Waals surface area contributed by atoms with Crippen molar-refractivity contribution >= 4 is 5.97 Å². The number of aromatic carboxylic acids is 1. The van der Waals surface area contributed by atoms with Crippen LogP contribution < -0.4 is 14.2 Å². The largest absolute Gasteiger partial charge is 0.493 e. The molecule has 0 fully saturated rings. The van der Waals surface area contributed by atoms with E-state index >= 15 is 0 Å². The predicted molar refractivity (Wildman–Crippen MR) is 134 cm³/mol. The average Bonchev–Trinajstić information content (AvgIpc) is 3.31. The first-order valence-corrected chi connectivity index (χ1v) is 11.4. The third-order valence-electron chi connectivity index (χ3n) is 5.72. The second-order valence-electron chi connectivity index (χ2n) is 7.86. The number of nitrogens with zero attached hydrogens (tertiary/aromatic N) is 2. The summed E-state index contributed by atoms with van der Waals surface area (Å²) in [4.78, 5) is 11.7. The lowest BCUT2D eigenvalue weighted by Gasteiger charge is -2.14. The van der Waals surface area contributed by atoms with Crippen LogP contribution >= 0.6 is 0 Å². The fourth-order valence-corrected chi connectivity index (χ4v) is 4.05. The molecule has 1 aromatic heterocycles. The minimum atomic E-state index is -1.01. The number of aryl methyl sites for hydroxylation is 2. The van der Waals surface area contributed by atoms with E-state index in [0.29, 0.717) is 41.7 Å². The molecule has 0 amide bonds. The van der Waals surface area contributed by atoms with Gasteiger partial charge in [0.05, 0.1) is 37.8 Å². The van der Waals surface area contributed by atoms with Crippen molar-refractivity contribution in [1.29, 1.82) is 0 Å². The number of hydrogen-bond donors (Lipinski definition) is 1. The number of carboxylic acids is 1. The van der Waals surface area contributed by atoms with E-state index in [4.69, 9.17) is 19.3 Å². The van der Waals surface area contributed by atoms with E-state index in [1.165, 1.54) is 11.6 Å². The van der Waals surface area contributed by atoms with Crippen molar-refractivity contribution in [2.45, 2.75) is 19.9 Å². The molecule has 0 bridgehead atoms. The van der Waals surface area contributed by atoms with Crippen LogP contribution in [-0.2, 0) is 13.0 Å². The lowest BCUT2D eigenvalue weighted by Crippen LogP contribution is -2.06. The summed E-state index contributed by atoms with van der Waals surface area (Å²) in [5.74, 6) is 0.791. The number of aromatic nitrogens is 2. The molecule has 0 saturated carbocycles. The Morgan fingerprint density at radius 1 is 0.914 bits per heavy atom. The van der Waals surface area contributed by atoms with Crippen LogP contribution in [-0.4, -0.2) is 41.7 Å². The highest BCUT2D eigenvalue weighted by Crippen LogP contribution is 2.40. The van der Waals surface area contributed by atoms with Crippen LogP contribution in [0.2, 0.25) is 0 Å². The summed E-state index contributed by atoms with van der Waals surface area (Å²) < 4.78 is 18.9. The van der Waals surface area contributed by atoms with Crippen LogP contribution in [0.4, 0.5) is 0 Å². The van der Waals surface area contributed by atoms with Crippen LogP contribution in [0.15, 0.2) is 72.8 Å². The lowest BCUT2D eigenvalue weighted by atomic mass is 10.0. The van der Waals surface area contributed by atoms with Gasteiger partial charge >= 0.3 is 5.97 Å². The maximum Gasteiger partial charge on any atom is 0.335 e. The average molecular weight is 473 g/mol. The zero-order valence-electron chi connectivity index (χ0n) is 20.0. The molecule has 0 radical (unpaired) electrons. The zero-order chi connectivity index (χ0) is 24.8. The fraction of sp³-hybridized carbons (Fsp3) is 0.214. The van der Waals surface area contributed by atoms with Gasteiger partial charge in [-0.3, -0.25) is 4.68 Å². The Morgan fingerprint density at radius 3 is 2.40 bits per heavy atom. The maximum absolute atomic E-state index is 11.7. The summed E-state index contributed by atoms with van der Waals surface area (Å²) in [5, 5.41) is 14.4. The van der Waals surface area contributed by atoms with Crippen molar-refractivity contribution in [3.05, 3.63) is 83.9 Å². The molecule has 0 unspecified atom stereocenters. The molecule has 1 N–H and O–H groups in total. The molecule has 3 aromatic carbocycles. The van der Waals surface area contributed by atoms with Gasteiger partial charge < -0.3 is 19.3 Å². The fourth-order valence-electron chi connectivity index (χ4n) is 4.05. The molecule has 7 nitrogen and oxygen atoms in total. The van der Waals surface area contributed by atoms with Gasteiger partial charge in [0.2, 0.25) is 0 Å². The Balaban J connectivity index is 1.86. The molecule has 0 aliphatic carbocycles. The van der Waals surface area contributed by atoms with E-state index < -0.39 is 5.97 Å². The normalized spacial score (nSPS) is 10.7. The third-order valence-corrected chi connectivity index (χ3v) is 5.72. The Kier molecular flexibility index (Phi) is 7.35. The molecule has 4 aromatic rings. The van der Waals surface area contributed by atoms with Crippen molar-refractivity contribution in [1.82, 2.24) is 9.78 Å². The van der Waals surface area contributed by atoms with Crippen molar-refractivity contribution in [2.75, 3.05) is 20.8 Å². The summed E-state index contributed by atoms with van der Waals surface area (Å²) >= 11 is 0. The number of carbonyl (C=O) groups is 1. The van der Waals surface area contributed by atoms with Crippen LogP contribution in [0, 0.1) is 0 Å². The molecule has 180 valence electrons. The van der Waals surface area contributed by atoms with E-state index in [0.717, 1.165) is 17.7 Å². The lowest BCUT2D eigenvalue weighted by molar-refractivity contribution is 0.0697. The molecule has 7 heteroatoms. The van der Waals surface area contributed by atoms with Crippen LogP contribution in [0.5, 0.6) is 17.2 Å². The minimum absolute atomic E-state index is 0.169. The molecule has 0 aliphatic rings. The highest BCUT2D eigenvalue weighted by molar-refractivity contribution is 5.90. The monoisotopic (exact) mass is 472 g/mol. The smallest absolute Gasteiger partial charge is 0.335 e. The van der Waals surface area contributed by atoms with E-state index in [9.17, 15) is 9.90 Å². The Labute approximate surface area is 204 Å². The molecule has 1 heterocycles. The number of para-hydroxylation sites is 1. The molecule has 35 heavy (non-hydrogen) atoms. The first kappa shape index (κ1) is 23.9. The Hall–Kier alpha value is -4.26. The molecule has 0 spiro atoms. The second kappa shape index (κ2) is 10.8. The standard InChI is InChI=1S/C28H28N2O5/c1-4-35-25-14-13-20(28(31)32)17-22(25)23-18-24(21-11-8-12-26(33-2)27(21)34-3)30(29-23)16-15-19-9-6-5-7-10-19/h5-14,17-18H,4,15-16H2,1-3H3,(H,31,32). The first-order chi connectivity index (χ1) is 17.0.